The molecule has 1 aliphatic heterocycles. The monoisotopic (exact) mass is 448 g/mol. The van der Waals surface area contributed by atoms with Crippen LogP contribution < -0.4 is 20.9 Å². The first kappa shape index (κ1) is 23.1. The van der Waals surface area contributed by atoms with Gasteiger partial charge in [0.15, 0.2) is 0 Å². The molecule has 2 aromatic rings. The lowest BCUT2D eigenvalue weighted by Crippen LogP contribution is -2.38. The van der Waals surface area contributed by atoms with Gasteiger partial charge in [-0.25, -0.2) is 4.79 Å². The Bertz CT molecular complexity index is 976. The highest BCUT2D eigenvalue weighted by Gasteiger charge is 2.24. The van der Waals surface area contributed by atoms with Gasteiger partial charge in [0.05, 0.1) is 5.56 Å². The third-order valence-electron chi connectivity index (χ3n) is 6.84. The maximum Gasteiger partial charge on any atom is 0.323 e. The summed E-state index contributed by atoms with van der Waals surface area (Å²) in [4.78, 5) is 28.2. The fourth-order valence-electron chi connectivity index (χ4n) is 4.85. The van der Waals surface area contributed by atoms with Crippen molar-refractivity contribution in [1.82, 2.24) is 5.32 Å². The second-order valence-electron chi connectivity index (χ2n) is 9.66. The van der Waals surface area contributed by atoms with Crippen LogP contribution in [0.25, 0.3) is 0 Å². The van der Waals surface area contributed by atoms with Crippen LogP contribution in [0, 0.1) is 12.8 Å². The Kier molecular flexibility index (Phi) is 7.53. The molecule has 1 saturated heterocycles. The van der Waals surface area contributed by atoms with Crippen molar-refractivity contribution in [3.05, 3.63) is 53.6 Å². The molecule has 1 saturated carbocycles. The maximum absolute atomic E-state index is 13.3. The number of carbonyl (C=O) groups excluding carboxylic acids is 2. The topological polar surface area (TPSA) is 73.5 Å². The molecule has 2 aromatic carbocycles. The smallest absolute Gasteiger partial charge is 0.323 e. The summed E-state index contributed by atoms with van der Waals surface area (Å²) in [5.41, 5.74) is 4.03. The van der Waals surface area contributed by atoms with E-state index in [1.54, 1.807) is 0 Å². The molecule has 0 aromatic heterocycles. The van der Waals surface area contributed by atoms with Crippen molar-refractivity contribution >= 4 is 29.0 Å². The van der Waals surface area contributed by atoms with Gasteiger partial charge in [0.1, 0.15) is 0 Å². The van der Waals surface area contributed by atoms with E-state index in [2.05, 4.69) is 27.8 Å². The lowest BCUT2D eigenvalue weighted by Gasteiger charge is -2.34. The molecule has 6 heteroatoms. The lowest BCUT2D eigenvalue weighted by atomic mass is 9.95. The van der Waals surface area contributed by atoms with Crippen LogP contribution in [0.4, 0.5) is 21.9 Å². The molecule has 2 aliphatic rings. The van der Waals surface area contributed by atoms with Crippen LogP contribution in [-0.4, -0.2) is 31.1 Å². The van der Waals surface area contributed by atoms with Crippen molar-refractivity contribution in [2.45, 2.75) is 64.8 Å². The molecule has 3 amide bonds. The first-order valence-electron chi connectivity index (χ1n) is 12.3. The van der Waals surface area contributed by atoms with E-state index in [4.69, 9.17) is 0 Å². The fourth-order valence-corrected chi connectivity index (χ4v) is 4.85. The molecule has 1 aliphatic carbocycles. The van der Waals surface area contributed by atoms with Gasteiger partial charge in [-0.05, 0) is 74.4 Å². The summed E-state index contributed by atoms with van der Waals surface area (Å²) >= 11 is 0. The number of carbonyl (C=O) groups is 2. The van der Waals surface area contributed by atoms with Gasteiger partial charge in [-0.1, -0.05) is 38.3 Å². The van der Waals surface area contributed by atoms with Crippen molar-refractivity contribution in [3.63, 3.8) is 0 Å². The molecule has 2 fully saturated rings. The molecule has 0 spiro atoms. The molecular formula is C27H36N4O2. The van der Waals surface area contributed by atoms with Gasteiger partial charge in [-0.3, -0.25) is 4.79 Å². The summed E-state index contributed by atoms with van der Waals surface area (Å²) in [5.74, 6) is 0.672. The quantitative estimate of drug-likeness (QED) is 0.530. The van der Waals surface area contributed by atoms with Crippen molar-refractivity contribution < 1.29 is 9.59 Å². The average molecular weight is 449 g/mol. The number of hydrogen-bond donors (Lipinski definition) is 3. The molecule has 0 radical (unpaired) electrons. The zero-order valence-electron chi connectivity index (χ0n) is 19.8. The minimum absolute atomic E-state index is 0.0433. The van der Waals surface area contributed by atoms with Crippen LogP contribution in [0.15, 0.2) is 42.5 Å². The Morgan fingerprint density at radius 1 is 0.879 bits per heavy atom. The van der Waals surface area contributed by atoms with E-state index in [9.17, 15) is 9.59 Å². The second-order valence-corrected chi connectivity index (χ2v) is 9.66. The second kappa shape index (κ2) is 10.7. The molecule has 176 valence electrons. The predicted molar refractivity (Wildman–Crippen MR) is 135 cm³/mol. The van der Waals surface area contributed by atoms with Gasteiger partial charge in [0.25, 0.3) is 5.91 Å². The van der Waals surface area contributed by atoms with Crippen LogP contribution in [0.5, 0.6) is 0 Å². The summed E-state index contributed by atoms with van der Waals surface area (Å²) in [6.45, 7) is 6.17. The molecule has 33 heavy (non-hydrogen) atoms. The zero-order valence-corrected chi connectivity index (χ0v) is 19.8. The third-order valence-corrected chi connectivity index (χ3v) is 6.84. The Morgan fingerprint density at radius 3 is 2.27 bits per heavy atom. The number of anilines is 3. The van der Waals surface area contributed by atoms with Crippen LogP contribution in [-0.2, 0) is 0 Å². The Hall–Kier alpha value is -3.02. The van der Waals surface area contributed by atoms with E-state index in [0.717, 1.165) is 55.7 Å². The molecule has 6 nitrogen and oxygen atoms in total. The first-order valence-corrected chi connectivity index (χ1v) is 12.3. The van der Waals surface area contributed by atoms with E-state index < -0.39 is 0 Å². The van der Waals surface area contributed by atoms with Gasteiger partial charge in [0, 0.05) is 36.2 Å². The van der Waals surface area contributed by atoms with E-state index in [1.165, 1.54) is 19.3 Å². The number of amides is 3. The molecule has 0 bridgehead atoms. The fraction of sp³-hybridized carbons (Fsp3) is 0.481. The molecule has 4 rings (SSSR count). The predicted octanol–water partition coefficient (Wildman–Crippen LogP) is 5.94. The van der Waals surface area contributed by atoms with Gasteiger partial charge in [-0.2, -0.15) is 0 Å². The minimum atomic E-state index is -0.321. The minimum Gasteiger partial charge on any atom is -0.371 e. The number of urea groups is 1. The number of piperidine rings is 1. The van der Waals surface area contributed by atoms with Crippen molar-refractivity contribution in [2.24, 2.45) is 5.92 Å². The van der Waals surface area contributed by atoms with Crippen LogP contribution in [0.3, 0.4) is 0 Å². The van der Waals surface area contributed by atoms with E-state index in [1.807, 2.05) is 49.4 Å². The van der Waals surface area contributed by atoms with Crippen LogP contribution in [0.2, 0.25) is 0 Å². The first-order chi connectivity index (χ1) is 16.0. The number of aryl methyl sites for hydroxylation is 1. The molecule has 1 heterocycles. The molecular weight excluding hydrogens is 412 g/mol. The number of nitrogens with one attached hydrogen (secondary N) is 3. The van der Waals surface area contributed by atoms with Gasteiger partial charge in [0.2, 0.25) is 0 Å². The van der Waals surface area contributed by atoms with Crippen molar-refractivity contribution in [3.8, 4) is 0 Å². The normalized spacial score (nSPS) is 17.5. The van der Waals surface area contributed by atoms with E-state index in [0.29, 0.717) is 17.2 Å². The highest BCUT2D eigenvalue weighted by molar-refractivity contribution is 6.04. The molecule has 0 atom stereocenters. The van der Waals surface area contributed by atoms with Crippen LogP contribution in [0.1, 0.15) is 67.8 Å². The average Bonchev–Trinajstić information content (AvgIpc) is 2.80. The number of nitrogens with zero attached hydrogens (tertiary/aromatic N) is 1. The highest BCUT2D eigenvalue weighted by atomic mass is 16.2. The maximum atomic E-state index is 13.3. The van der Waals surface area contributed by atoms with Crippen molar-refractivity contribution in [1.29, 1.82) is 0 Å². The molecule has 3 N–H and O–H groups in total. The Labute approximate surface area is 197 Å². The summed E-state index contributed by atoms with van der Waals surface area (Å²) in [5, 5.41) is 9.02. The largest absolute Gasteiger partial charge is 0.371 e. The highest BCUT2D eigenvalue weighted by Crippen LogP contribution is 2.29. The van der Waals surface area contributed by atoms with Gasteiger partial charge >= 0.3 is 6.03 Å². The molecule has 0 unspecified atom stereocenters. The third kappa shape index (κ3) is 6.28. The van der Waals surface area contributed by atoms with E-state index in [-0.39, 0.29) is 18.0 Å². The summed E-state index contributed by atoms with van der Waals surface area (Å²) in [6, 6.07) is 13.3. The van der Waals surface area contributed by atoms with Gasteiger partial charge < -0.3 is 20.9 Å². The Morgan fingerprint density at radius 2 is 1.58 bits per heavy atom. The summed E-state index contributed by atoms with van der Waals surface area (Å²) < 4.78 is 0. The van der Waals surface area contributed by atoms with E-state index >= 15 is 0 Å². The summed E-state index contributed by atoms with van der Waals surface area (Å²) in [7, 11) is 0. The number of rotatable bonds is 5. The SMILES string of the molecule is Cc1cccc(NC(=O)Nc2ccc(N3CCC(C)CC3)c(C(=O)NC3CCCCC3)c2)c1. The van der Waals surface area contributed by atoms with Gasteiger partial charge in [-0.15, -0.1) is 0 Å². The summed E-state index contributed by atoms with van der Waals surface area (Å²) in [6.07, 6.45) is 7.92. The van der Waals surface area contributed by atoms with Crippen molar-refractivity contribution in [2.75, 3.05) is 28.6 Å². The van der Waals surface area contributed by atoms with Crippen LogP contribution >= 0.6 is 0 Å². The zero-order chi connectivity index (χ0) is 23.2. The standard InChI is InChI=1S/C27H36N4O2/c1-19-13-15-31(16-14-19)25-12-11-23(30-27(33)29-22-10-6-7-20(2)17-22)18-24(25)26(32)28-21-8-4-3-5-9-21/h6-7,10-12,17-19,21H,3-5,8-9,13-16H2,1-2H3,(H,28,32)(H2,29,30,33). The number of hydrogen-bond acceptors (Lipinski definition) is 3. The Balaban J connectivity index is 1.52. The number of benzene rings is 2. The lowest BCUT2D eigenvalue weighted by molar-refractivity contribution is 0.0928.